The van der Waals surface area contributed by atoms with Gasteiger partial charge in [-0.2, -0.15) is 13.2 Å². The first-order chi connectivity index (χ1) is 23.7. The summed E-state index contributed by atoms with van der Waals surface area (Å²) in [4.78, 5) is 22.3. The molecule has 9 nitrogen and oxygen atoms in total. The molecule has 2 atom stereocenters. The Morgan fingerprint density at radius 2 is 1.73 bits per heavy atom. The van der Waals surface area contributed by atoms with Gasteiger partial charge in [0.25, 0.3) is 5.91 Å². The zero-order valence-corrected chi connectivity index (χ0v) is 26.4. The largest absolute Gasteiger partial charge is 0.494 e. The Morgan fingerprint density at radius 3 is 2.43 bits per heavy atom. The van der Waals surface area contributed by atoms with E-state index in [0.717, 1.165) is 17.7 Å². The number of hydrogen-bond donors (Lipinski definition) is 2. The van der Waals surface area contributed by atoms with Gasteiger partial charge in [-0.1, -0.05) is 84.0 Å². The second kappa shape index (κ2) is 16.0. The number of aliphatic hydroxyl groups is 1. The van der Waals surface area contributed by atoms with E-state index in [1.165, 1.54) is 12.1 Å². The SMILES string of the molecule is [N-]=[N+]=NCc1ccccc1[C@H]1OC(c2ccc(OCCCO)cc2)=N[C@@]1(C/C=C/c1ccccc1)C(=O)NCc1ccc(C(F)(F)F)cc1. The van der Waals surface area contributed by atoms with E-state index in [1.54, 1.807) is 48.5 Å². The van der Waals surface area contributed by atoms with Crippen molar-refractivity contribution >= 4 is 17.9 Å². The van der Waals surface area contributed by atoms with Gasteiger partial charge in [-0.3, -0.25) is 4.79 Å². The van der Waals surface area contributed by atoms with Crippen LogP contribution in [0.3, 0.4) is 0 Å². The van der Waals surface area contributed by atoms with Crippen LogP contribution >= 0.6 is 0 Å². The fourth-order valence-corrected chi connectivity index (χ4v) is 5.42. The van der Waals surface area contributed by atoms with Crippen LogP contribution in [-0.2, 0) is 28.8 Å². The maximum Gasteiger partial charge on any atom is 0.416 e. The van der Waals surface area contributed by atoms with Crippen LogP contribution in [0.5, 0.6) is 5.75 Å². The number of azide groups is 1. The summed E-state index contributed by atoms with van der Waals surface area (Å²) in [5.41, 5.74) is 9.89. The number of aliphatic imine (C=N–C) groups is 1. The molecule has 0 radical (unpaired) electrons. The van der Waals surface area contributed by atoms with E-state index in [-0.39, 0.29) is 32.0 Å². The van der Waals surface area contributed by atoms with Crippen molar-refractivity contribution < 1.29 is 32.5 Å². The average Bonchev–Trinajstić information content (AvgIpc) is 3.51. The lowest BCUT2D eigenvalue weighted by Crippen LogP contribution is -2.48. The quantitative estimate of drug-likeness (QED) is 0.0611. The van der Waals surface area contributed by atoms with Crippen molar-refractivity contribution in [2.45, 2.75) is 43.8 Å². The number of carbonyl (C=O) groups is 1. The minimum atomic E-state index is -4.48. The normalized spacial score (nSPS) is 17.2. The molecule has 0 aromatic heterocycles. The Hall–Kier alpha value is -5.58. The van der Waals surface area contributed by atoms with E-state index in [4.69, 9.17) is 25.1 Å². The van der Waals surface area contributed by atoms with E-state index >= 15 is 0 Å². The molecule has 252 valence electrons. The molecular formula is C37H34F3N5O4. The second-order valence-corrected chi connectivity index (χ2v) is 11.3. The predicted molar refractivity (Wildman–Crippen MR) is 179 cm³/mol. The monoisotopic (exact) mass is 669 g/mol. The third-order valence-electron chi connectivity index (χ3n) is 7.95. The van der Waals surface area contributed by atoms with Gasteiger partial charge in [-0.25, -0.2) is 4.99 Å². The summed E-state index contributed by atoms with van der Waals surface area (Å²) in [6.45, 7) is 0.296. The molecule has 1 amide bonds. The number of rotatable bonds is 14. The fraction of sp³-hybridized carbons (Fsp3) is 0.243. The molecule has 0 saturated carbocycles. The Balaban J connectivity index is 1.55. The van der Waals surface area contributed by atoms with E-state index in [2.05, 4.69) is 15.3 Å². The molecule has 4 aromatic rings. The van der Waals surface area contributed by atoms with E-state index in [9.17, 15) is 18.0 Å². The summed E-state index contributed by atoms with van der Waals surface area (Å²) in [6.07, 6.45) is -1.17. The maximum atomic E-state index is 14.5. The summed E-state index contributed by atoms with van der Waals surface area (Å²) in [5.74, 6) is 0.273. The molecular weight excluding hydrogens is 635 g/mol. The predicted octanol–water partition coefficient (Wildman–Crippen LogP) is 7.95. The molecule has 0 spiro atoms. The number of halogens is 3. The highest BCUT2D eigenvalue weighted by molar-refractivity contribution is 6.01. The molecule has 4 aromatic carbocycles. The Morgan fingerprint density at radius 1 is 1.02 bits per heavy atom. The summed E-state index contributed by atoms with van der Waals surface area (Å²) in [5, 5.41) is 15.7. The summed E-state index contributed by atoms with van der Waals surface area (Å²) < 4.78 is 51.7. The minimum absolute atomic E-state index is 0.00481. The van der Waals surface area contributed by atoms with Crippen LogP contribution in [-0.4, -0.2) is 35.7 Å². The van der Waals surface area contributed by atoms with Crippen molar-refractivity contribution in [3.8, 4) is 5.75 Å². The lowest BCUT2D eigenvalue weighted by atomic mass is 9.82. The Labute approximate surface area is 281 Å². The molecule has 1 heterocycles. The van der Waals surface area contributed by atoms with Gasteiger partial charge < -0.3 is 19.9 Å². The van der Waals surface area contributed by atoms with Crippen LogP contribution in [0.1, 0.15) is 52.3 Å². The average molecular weight is 670 g/mol. The number of hydrogen-bond acceptors (Lipinski definition) is 6. The van der Waals surface area contributed by atoms with Gasteiger partial charge in [0.15, 0.2) is 11.6 Å². The first-order valence-electron chi connectivity index (χ1n) is 15.6. The van der Waals surface area contributed by atoms with Gasteiger partial charge in [0, 0.05) is 36.5 Å². The van der Waals surface area contributed by atoms with E-state index in [0.29, 0.717) is 41.0 Å². The van der Waals surface area contributed by atoms with Crippen LogP contribution in [0, 0.1) is 0 Å². The van der Waals surface area contributed by atoms with Crippen LogP contribution in [0.2, 0.25) is 0 Å². The summed E-state index contributed by atoms with van der Waals surface area (Å²) in [7, 11) is 0. The standard InChI is InChI=1S/C37H34F3N5O4/c38-37(39,40)30-17-13-27(14-18-30)24-42-35(47)36(21-6-10-26-8-2-1-3-9-26)33(32-12-5-4-11-29(32)25-43-45-41)49-34(44-36)28-15-19-31(20-16-28)48-23-7-22-46/h1-6,8-20,33,46H,7,21-25H2,(H,42,47)/b10-6+/t33-,36-/m1/s1. The topological polar surface area (TPSA) is 129 Å². The number of ether oxygens (including phenoxy) is 2. The van der Waals surface area contributed by atoms with Gasteiger partial charge in [-0.05, 0) is 64.2 Å². The molecule has 0 aliphatic carbocycles. The maximum absolute atomic E-state index is 14.5. The molecule has 49 heavy (non-hydrogen) atoms. The van der Waals surface area contributed by atoms with Crippen LogP contribution in [0.15, 0.2) is 119 Å². The molecule has 0 unspecified atom stereocenters. The van der Waals surface area contributed by atoms with Crippen LogP contribution in [0.25, 0.3) is 16.5 Å². The Bertz CT molecular complexity index is 1820. The van der Waals surface area contributed by atoms with Crippen molar-refractivity contribution in [3.05, 3.63) is 153 Å². The highest BCUT2D eigenvalue weighted by Crippen LogP contribution is 2.44. The van der Waals surface area contributed by atoms with Gasteiger partial charge in [0.05, 0.1) is 18.7 Å². The van der Waals surface area contributed by atoms with Crippen molar-refractivity contribution in [1.82, 2.24) is 5.32 Å². The molecule has 5 rings (SSSR count). The highest BCUT2D eigenvalue weighted by Gasteiger charge is 2.53. The fourth-order valence-electron chi connectivity index (χ4n) is 5.42. The van der Waals surface area contributed by atoms with Gasteiger partial charge in [0.2, 0.25) is 5.90 Å². The van der Waals surface area contributed by atoms with Crippen LogP contribution in [0.4, 0.5) is 13.2 Å². The molecule has 12 heteroatoms. The molecule has 2 N–H and O–H groups in total. The minimum Gasteiger partial charge on any atom is -0.494 e. The highest BCUT2D eigenvalue weighted by atomic mass is 19.4. The van der Waals surface area contributed by atoms with Crippen molar-refractivity contribution in [2.75, 3.05) is 13.2 Å². The van der Waals surface area contributed by atoms with Gasteiger partial charge >= 0.3 is 6.18 Å². The third-order valence-corrected chi connectivity index (χ3v) is 7.95. The first-order valence-corrected chi connectivity index (χ1v) is 15.6. The number of carbonyl (C=O) groups excluding carboxylic acids is 1. The van der Waals surface area contributed by atoms with Crippen molar-refractivity contribution in [2.24, 2.45) is 10.1 Å². The molecule has 0 bridgehead atoms. The molecule has 0 fully saturated rings. The summed E-state index contributed by atoms with van der Waals surface area (Å²) >= 11 is 0. The van der Waals surface area contributed by atoms with E-state index in [1.807, 2.05) is 42.5 Å². The Kier molecular flexibility index (Phi) is 11.4. The zero-order valence-electron chi connectivity index (χ0n) is 26.4. The third kappa shape index (κ3) is 8.67. The number of aliphatic hydroxyl groups excluding tert-OH is 1. The lowest BCUT2D eigenvalue weighted by molar-refractivity contribution is -0.137. The molecule has 1 aliphatic rings. The van der Waals surface area contributed by atoms with Gasteiger partial charge in [-0.15, -0.1) is 0 Å². The number of alkyl halides is 3. The number of nitrogens with one attached hydrogen (secondary N) is 1. The van der Waals surface area contributed by atoms with Crippen molar-refractivity contribution in [1.29, 1.82) is 0 Å². The van der Waals surface area contributed by atoms with Gasteiger partial charge in [0.1, 0.15) is 5.75 Å². The van der Waals surface area contributed by atoms with Crippen LogP contribution < -0.4 is 10.1 Å². The number of benzene rings is 4. The van der Waals surface area contributed by atoms with E-state index < -0.39 is 29.3 Å². The number of nitrogens with zero attached hydrogens (tertiary/aromatic N) is 4. The number of amides is 1. The second-order valence-electron chi connectivity index (χ2n) is 11.3. The lowest BCUT2D eigenvalue weighted by Gasteiger charge is -2.31. The molecule has 1 aliphatic heterocycles. The zero-order chi connectivity index (χ0) is 34.7. The summed E-state index contributed by atoms with van der Waals surface area (Å²) in [6, 6.07) is 28.3. The first kappa shape index (κ1) is 34.7. The smallest absolute Gasteiger partial charge is 0.416 e. The molecule has 0 saturated heterocycles. The van der Waals surface area contributed by atoms with Crippen molar-refractivity contribution in [3.63, 3.8) is 0 Å².